The summed E-state index contributed by atoms with van der Waals surface area (Å²) in [5.41, 5.74) is 4.17. The maximum atomic E-state index is 13.5. The van der Waals surface area contributed by atoms with Crippen molar-refractivity contribution in [2.45, 2.75) is 40.5 Å². The summed E-state index contributed by atoms with van der Waals surface area (Å²) in [5.74, 6) is -2.69. The lowest BCUT2D eigenvalue weighted by atomic mass is 9.94. The minimum absolute atomic E-state index is 0.274. The van der Waals surface area contributed by atoms with Gasteiger partial charge in [0.15, 0.2) is 17.3 Å². The molecule has 0 saturated heterocycles. The van der Waals surface area contributed by atoms with Crippen LogP contribution in [-0.4, -0.2) is 16.7 Å². The van der Waals surface area contributed by atoms with Crippen molar-refractivity contribution in [3.8, 4) is 5.75 Å². The first-order chi connectivity index (χ1) is 16.1. The highest BCUT2D eigenvalue weighted by Gasteiger charge is 2.36. The molecule has 0 aliphatic rings. The number of carbonyl (C=O) groups is 2. The summed E-state index contributed by atoms with van der Waals surface area (Å²) in [6, 6.07) is 15.7. The Morgan fingerprint density at radius 2 is 1.44 bits per heavy atom. The van der Waals surface area contributed by atoms with Crippen LogP contribution in [0.1, 0.15) is 49.8 Å². The Bertz CT molecular complexity index is 1460. The second-order valence-electron chi connectivity index (χ2n) is 8.67. The zero-order valence-electron chi connectivity index (χ0n) is 19.8. The predicted molar refractivity (Wildman–Crippen MR) is 130 cm³/mol. The summed E-state index contributed by atoms with van der Waals surface area (Å²) in [5, 5.41) is 0. The first-order valence-corrected chi connectivity index (χ1v) is 11.0. The quantitative estimate of drug-likeness (QED) is 0.176. The number of hydrogen-bond donors (Lipinski definition) is 0. The molecule has 1 heterocycles. The molecule has 0 amide bonds. The topological polar surface area (TPSA) is 86.5 Å². The molecule has 6 nitrogen and oxygen atoms in total. The molecule has 0 saturated carbocycles. The number of esters is 1. The van der Waals surface area contributed by atoms with Gasteiger partial charge in [-0.15, -0.1) is 0 Å². The monoisotopic (exact) mass is 455 g/mol. The van der Waals surface area contributed by atoms with Crippen molar-refractivity contribution in [1.29, 1.82) is 0 Å². The summed E-state index contributed by atoms with van der Waals surface area (Å²) in [4.78, 5) is 44.3. The van der Waals surface area contributed by atoms with Gasteiger partial charge in [-0.05, 0) is 63.4 Å². The number of ketones is 1. The lowest BCUT2D eigenvalue weighted by Gasteiger charge is -2.17. The van der Waals surface area contributed by atoms with E-state index >= 15 is 0 Å². The van der Waals surface area contributed by atoms with Crippen molar-refractivity contribution in [2.24, 2.45) is 0 Å². The molecule has 0 bridgehead atoms. The highest BCUT2D eigenvalue weighted by molar-refractivity contribution is 6.13. The van der Waals surface area contributed by atoms with Crippen molar-refractivity contribution in [3.63, 3.8) is 0 Å². The lowest BCUT2D eigenvalue weighted by Crippen LogP contribution is -2.32. The van der Waals surface area contributed by atoms with Crippen LogP contribution < -0.4 is 10.4 Å². The molecule has 1 aromatic heterocycles. The number of Topliss-reactive ketones (excluding diaryl/α,β-unsaturated/α-hetero) is 1. The smallest absolute Gasteiger partial charge is 0.359 e. The first-order valence-electron chi connectivity index (χ1n) is 11.0. The van der Waals surface area contributed by atoms with E-state index in [1.807, 2.05) is 46.8 Å². The summed E-state index contributed by atoms with van der Waals surface area (Å²) < 4.78 is 11.1. The average Bonchev–Trinajstić information content (AvgIpc) is 2.77. The SMILES string of the molecule is Cc1ccc(C(=O)C(C(=O)Oc2c(C)cc(C)cc2C)c2nc3cc(C)ccc3oc2=O)cc1. The normalized spacial score (nSPS) is 11.9. The first kappa shape index (κ1) is 23.1. The fourth-order valence-electron chi connectivity index (χ4n) is 4.03. The van der Waals surface area contributed by atoms with Gasteiger partial charge >= 0.3 is 11.6 Å². The van der Waals surface area contributed by atoms with Gasteiger partial charge in [-0.2, -0.15) is 0 Å². The zero-order chi connectivity index (χ0) is 24.6. The summed E-state index contributed by atoms with van der Waals surface area (Å²) >= 11 is 0. The van der Waals surface area contributed by atoms with E-state index in [1.54, 1.807) is 42.5 Å². The zero-order valence-corrected chi connectivity index (χ0v) is 19.8. The van der Waals surface area contributed by atoms with Crippen LogP contribution in [0.25, 0.3) is 11.1 Å². The fraction of sp³-hybridized carbons (Fsp3) is 0.214. The molecule has 0 aliphatic heterocycles. The molecule has 6 heteroatoms. The van der Waals surface area contributed by atoms with E-state index in [1.165, 1.54) is 0 Å². The molecule has 0 fully saturated rings. The van der Waals surface area contributed by atoms with E-state index in [-0.39, 0.29) is 16.8 Å². The molecule has 3 aromatic carbocycles. The molecule has 0 aliphatic carbocycles. The van der Waals surface area contributed by atoms with E-state index in [0.717, 1.165) is 27.8 Å². The molecule has 34 heavy (non-hydrogen) atoms. The molecular weight excluding hydrogens is 430 g/mol. The Hall–Kier alpha value is -4.06. The average molecular weight is 456 g/mol. The number of fused-ring (bicyclic) bond motifs is 1. The summed E-state index contributed by atoms with van der Waals surface area (Å²) in [6.45, 7) is 9.36. The molecule has 4 rings (SSSR count). The highest BCUT2D eigenvalue weighted by atomic mass is 16.5. The third-order valence-electron chi connectivity index (χ3n) is 5.68. The van der Waals surface area contributed by atoms with Gasteiger partial charge in [-0.3, -0.25) is 9.59 Å². The highest BCUT2D eigenvalue weighted by Crippen LogP contribution is 2.28. The number of hydrogen-bond acceptors (Lipinski definition) is 6. The van der Waals surface area contributed by atoms with Crippen LogP contribution in [0.15, 0.2) is 63.8 Å². The van der Waals surface area contributed by atoms with Gasteiger partial charge in [0.05, 0.1) is 0 Å². The Morgan fingerprint density at radius 1 is 0.824 bits per heavy atom. The van der Waals surface area contributed by atoms with Gasteiger partial charge in [0.1, 0.15) is 17.0 Å². The number of benzene rings is 3. The van der Waals surface area contributed by atoms with Crippen LogP contribution in [0.5, 0.6) is 5.75 Å². The predicted octanol–water partition coefficient (Wildman–Crippen LogP) is 5.30. The number of rotatable bonds is 5. The Kier molecular flexibility index (Phi) is 6.16. The minimum atomic E-state index is -1.58. The van der Waals surface area contributed by atoms with Crippen LogP contribution in [-0.2, 0) is 4.79 Å². The van der Waals surface area contributed by atoms with Crippen LogP contribution in [0.4, 0.5) is 0 Å². The van der Waals surface area contributed by atoms with E-state index in [4.69, 9.17) is 9.15 Å². The maximum Gasteiger partial charge on any atom is 0.359 e. The fourth-order valence-corrected chi connectivity index (χ4v) is 4.03. The van der Waals surface area contributed by atoms with Crippen LogP contribution in [0, 0.1) is 34.6 Å². The Morgan fingerprint density at radius 3 is 2.09 bits per heavy atom. The second-order valence-corrected chi connectivity index (χ2v) is 8.67. The van der Waals surface area contributed by atoms with Crippen molar-refractivity contribution in [1.82, 2.24) is 4.98 Å². The Labute approximate surface area is 197 Å². The van der Waals surface area contributed by atoms with Crippen LogP contribution in [0.2, 0.25) is 0 Å². The van der Waals surface area contributed by atoms with Gasteiger partial charge < -0.3 is 9.15 Å². The molecule has 0 N–H and O–H groups in total. The van der Waals surface area contributed by atoms with Crippen molar-refractivity contribution in [3.05, 3.63) is 104 Å². The molecular formula is C28H25NO5. The van der Waals surface area contributed by atoms with Gasteiger partial charge in [0.2, 0.25) is 0 Å². The van der Waals surface area contributed by atoms with Gasteiger partial charge in [0, 0.05) is 5.56 Å². The second kappa shape index (κ2) is 9.06. The van der Waals surface area contributed by atoms with Crippen molar-refractivity contribution < 1.29 is 18.7 Å². The molecule has 4 aromatic rings. The van der Waals surface area contributed by atoms with Gasteiger partial charge in [0.25, 0.3) is 0 Å². The van der Waals surface area contributed by atoms with E-state index in [2.05, 4.69) is 4.98 Å². The number of aromatic nitrogens is 1. The number of ether oxygens (including phenoxy) is 1. The molecule has 1 atom stereocenters. The van der Waals surface area contributed by atoms with Crippen molar-refractivity contribution >= 4 is 22.9 Å². The van der Waals surface area contributed by atoms with Crippen molar-refractivity contribution in [2.75, 3.05) is 0 Å². The number of nitrogens with zero attached hydrogens (tertiary/aromatic N) is 1. The van der Waals surface area contributed by atoms with E-state index < -0.39 is 23.3 Å². The van der Waals surface area contributed by atoms with E-state index in [0.29, 0.717) is 11.3 Å². The number of aryl methyl sites for hydroxylation is 5. The largest absolute Gasteiger partial charge is 0.425 e. The standard InChI is InChI=1S/C28H25NO5/c1-15-6-9-20(10-7-15)25(30)23(27(31)34-26-18(4)12-17(3)13-19(26)5)24-28(32)33-22-11-8-16(2)14-21(22)29-24/h6-14,23H,1-5H3. The van der Waals surface area contributed by atoms with Crippen LogP contribution >= 0.6 is 0 Å². The lowest BCUT2D eigenvalue weighted by molar-refractivity contribution is -0.135. The third kappa shape index (κ3) is 4.53. The molecule has 0 spiro atoms. The van der Waals surface area contributed by atoms with E-state index in [9.17, 15) is 14.4 Å². The Balaban J connectivity index is 1.85. The summed E-state index contributed by atoms with van der Waals surface area (Å²) in [7, 11) is 0. The van der Waals surface area contributed by atoms with Gasteiger partial charge in [-0.25, -0.2) is 9.78 Å². The van der Waals surface area contributed by atoms with Gasteiger partial charge in [-0.1, -0.05) is 53.6 Å². The number of carbonyl (C=O) groups excluding carboxylic acids is 2. The van der Waals surface area contributed by atoms with Crippen LogP contribution in [0.3, 0.4) is 0 Å². The molecule has 0 radical (unpaired) electrons. The minimum Gasteiger partial charge on any atom is -0.425 e. The summed E-state index contributed by atoms with van der Waals surface area (Å²) in [6.07, 6.45) is 0. The third-order valence-corrected chi connectivity index (χ3v) is 5.68. The molecule has 1 unspecified atom stereocenters. The maximum absolute atomic E-state index is 13.5. The molecule has 172 valence electrons.